The molecule has 1 aromatic carbocycles. The predicted octanol–water partition coefficient (Wildman–Crippen LogP) is 4.20. The highest BCUT2D eigenvalue weighted by Gasteiger charge is 2.30. The molecule has 3 heterocycles. The van der Waals surface area contributed by atoms with E-state index in [0.29, 0.717) is 12.5 Å². The first kappa shape index (κ1) is 18.9. The molecule has 2 aromatic heterocycles. The highest BCUT2D eigenvalue weighted by Crippen LogP contribution is 2.30. The van der Waals surface area contributed by atoms with Crippen molar-refractivity contribution in [3.8, 4) is 10.6 Å². The molecular weight excluding hydrogens is 370 g/mol. The Morgan fingerprint density at radius 3 is 2.71 bits per heavy atom. The van der Waals surface area contributed by atoms with Crippen LogP contribution in [-0.4, -0.2) is 38.8 Å². The van der Waals surface area contributed by atoms with Gasteiger partial charge in [0.1, 0.15) is 5.69 Å². The zero-order chi connectivity index (χ0) is 19.5. The molecule has 1 aliphatic heterocycles. The maximum absolute atomic E-state index is 11.5. The Balaban J connectivity index is 1.59. The number of hydrogen-bond donors (Lipinski definition) is 1. The van der Waals surface area contributed by atoms with Crippen molar-refractivity contribution in [2.45, 2.75) is 26.4 Å². The van der Waals surface area contributed by atoms with Crippen molar-refractivity contribution in [1.29, 1.82) is 0 Å². The summed E-state index contributed by atoms with van der Waals surface area (Å²) in [5.74, 6) is -0.581. The Hall–Kier alpha value is -2.44. The van der Waals surface area contributed by atoms with Crippen molar-refractivity contribution in [2.24, 2.45) is 11.8 Å². The maximum Gasteiger partial charge on any atom is 0.307 e. The summed E-state index contributed by atoms with van der Waals surface area (Å²) in [6.07, 6.45) is 2.88. The minimum atomic E-state index is -0.685. The van der Waals surface area contributed by atoms with Crippen LogP contribution in [0.5, 0.6) is 0 Å². The number of carbonyl (C=O) groups is 1. The quantitative estimate of drug-likeness (QED) is 0.679. The average Bonchev–Trinajstić information content (AvgIpc) is 3.32. The number of aliphatic carboxylic acids is 1. The van der Waals surface area contributed by atoms with E-state index in [1.54, 1.807) is 11.3 Å². The third kappa shape index (κ3) is 4.34. The first-order valence-electron chi connectivity index (χ1n) is 9.68. The fourth-order valence-electron chi connectivity index (χ4n) is 4.06. The Morgan fingerprint density at radius 2 is 2.00 bits per heavy atom. The second-order valence-electron chi connectivity index (χ2n) is 7.73. The number of hydrogen-bond acceptors (Lipinski definition) is 4. The summed E-state index contributed by atoms with van der Waals surface area (Å²) in [4.78, 5) is 14.9. The van der Waals surface area contributed by atoms with Crippen LogP contribution in [0.25, 0.3) is 10.6 Å². The number of piperidine rings is 1. The molecule has 5 nitrogen and oxygen atoms in total. The normalized spacial score (nSPS) is 20.3. The van der Waals surface area contributed by atoms with Crippen LogP contribution in [0.3, 0.4) is 0 Å². The lowest BCUT2D eigenvalue weighted by atomic mass is 9.90. The molecule has 0 spiro atoms. The molecule has 2 unspecified atom stereocenters. The summed E-state index contributed by atoms with van der Waals surface area (Å²) in [6.45, 7) is 5.13. The van der Waals surface area contributed by atoms with Crippen LogP contribution >= 0.6 is 11.3 Å². The summed E-state index contributed by atoms with van der Waals surface area (Å²) in [6, 6.07) is 14.5. The number of thiophene rings is 1. The summed E-state index contributed by atoms with van der Waals surface area (Å²) in [7, 11) is 0. The van der Waals surface area contributed by atoms with E-state index in [9.17, 15) is 9.90 Å². The fourth-order valence-corrected chi connectivity index (χ4v) is 4.81. The number of benzene rings is 1. The molecule has 0 saturated carbocycles. The van der Waals surface area contributed by atoms with Gasteiger partial charge in [-0.1, -0.05) is 43.3 Å². The molecule has 1 saturated heterocycles. The van der Waals surface area contributed by atoms with Crippen LogP contribution in [-0.2, 0) is 17.9 Å². The van der Waals surface area contributed by atoms with Gasteiger partial charge in [0.05, 0.1) is 17.3 Å². The fraction of sp³-hybridized carbons (Fsp3) is 0.364. The Kier molecular flexibility index (Phi) is 5.59. The van der Waals surface area contributed by atoms with E-state index in [4.69, 9.17) is 5.10 Å². The van der Waals surface area contributed by atoms with Crippen molar-refractivity contribution in [3.05, 3.63) is 65.2 Å². The van der Waals surface area contributed by atoms with Gasteiger partial charge < -0.3 is 5.11 Å². The van der Waals surface area contributed by atoms with Gasteiger partial charge in [0.2, 0.25) is 0 Å². The second-order valence-corrected chi connectivity index (χ2v) is 8.68. The molecule has 28 heavy (non-hydrogen) atoms. The van der Waals surface area contributed by atoms with E-state index in [0.717, 1.165) is 42.2 Å². The van der Waals surface area contributed by atoms with E-state index in [2.05, 4.69) is 41.6 Å². The van der Waals surface area contributed by atoms with Crippen molar-refractivity contribution in [3.63, 3.8) is 0 Å². The molecule has 0 bridgehead atoms. The number of nitrogens with zero attached hydrogens (tertiary/aromatic N) is 3. The summed E-state index contributed by atoms with van der Waals surface area (Å²) >= 11 is 1.69. The van der Waals surface area contributed by atoms with Gasteiger partial charge in [-0.05, 0) is 29.3 Å². The van der Waals surface area contributed by atoms with Crippen LogP contribution in [0.4, 0.5) is 0 Å². The summed E-state index contributed by atoms with van der Waals surface area (Å²) < 4.78 is 2.00. The van der Waals surface area contributed by atoms with Crippen LogP contribution in [0.1, 0.15) is 24.5 Å². The second kappa shape index (κ2) is 8.29. The van der Waals surface area contributed by atoms with E-state index < -0.39 is 5.97 Å². The van der Waals surface area contributed by atoms with Crippen molar-refractivity contribution < 1.29 is 9.90 Å². The molecule has 1 aliphatic rings. The van der Waals surface area contributed by atoms with Gasteiger partial charge in [0.15, 0.2) is 0 Å². The van der Waals surface area contributed by atoms with Crippen LogP contribution in [0, 0.1) is 11.8 Å². The van der Waals surface area contributed by atoms with E-state index in [1.165, 1.54) is 5.56 Å². The molecule has 6 heteroatoms. The predicted molar refractivity (Wildman–Crippen MR) is 111 cm³/mol. The molecule has 146 valence electrons. The van der Waals surface area contributed by atoms with Crippen molar-refractivity contribution in [1.82, 2.24) is 14.7 Å². The average molecular weight is 396 g/mol. The largest absolute Gasteiger partial charge is 0.481 e. The minimum absolute atomic E-state index is 0.284. The Labute approximate surface area is 169 Å². The van der Waals surface area contributed by atoms with E-state index >= 15 is 0 Å². The standard InChI is InChI=1S/C22H25N3O2S/c1-16-10-18(22(26)27)13-24(11-16)14-19-15-25(12-17-6-3-2-4-7-17)23-21(19)20-8-5-9-28-20/h2-9,15-16,18H,10-14H2,1H3,(H,26,27). The first-order chi connectivity index (χ1) is 13.6. The zero-order valence-corrected chi connectivity index (χ0v) is 16.8. The van der Waals surface area contributed by atoms with Gasteiger partial charge in [-0.2, -0.15) is 5.10 Å². The lowest BCUT2D eigenvalue weighted by Crippen LogP contribution is -2.41. The van der Waals surface area contributed by atoms with Gasteiger partial charge in [-0.25, -0.2) is 0 Å². The highest BCUT2D eigenvalue weighted by atomic mass is 32.1. The molecular formula is C22H25N3O2S. The van der Waals surface area contributed by atoms with Gasteiger partial charge in [0.25, 0.3) is 0 Å². The number of carboxylic acids is 1. The number of carboxylic acid groups (broad SMARTS) is 1. The minimum Gasteiger partial charge on any atom is -0.481 e. The van der Waals surface area contributed by atoms with Crippen molar-refractivity contribution in [2.75, 3.05) is 13.1 Å². The van der Waals surface area contributed by atoms with Crippen molar-refractivity contribution >= 4 is 17.3 Å². The Morgan fingerprint density at radius 1 is 1.18 bits per heavy atom. The smallest absolute Gasteiger partial charge is 0.307 e. The molecule has 1 fully saturated rings. The number of likely N-dealkylation sites (tertiary alicyclic amines) is 1. The summed E-state index contributed by atoms with van der Waals surface area (Å²) in [5, 5.41) is 16.4. The molecule has 2 atom stereocenters. The maximum atomic E-state index is 11.5. The van der Waals surface area contributed by atoms with Gasteiger partial charge in [-0.15, -0.1) is 11.3 Å². The molecule has 0 radical (unpaired) electrons. The van der Waals surface area contributed by atoms with Crippen LogP contribution < -0.4 is 0 Å². The molecule has 0 amide bonds. The van der Waals surface area contributed by atoms with Crippen LogP contribution in [0.15, 0.2) is 54.0 Å². The highest BCUT2D eigenvalue weighted by molar-refractivity contribution is 7.13. The molecule has 1 N–H and O–H groups in total. The summed E-state index contributed by atoms with van der Waals surface area (Å²) in [5.41, 5.74) is 3.39. The molecule has 0 aliphatic carbocycles. The third-order valence-corrected chi connectivity index (χ3v) is 6.13. The lowest BCUT2D eigenvalue weighted by molar-refractivity contribution is -0.144. The number of aromatic nitrogens is 2. The number of rotatable bonds is 6. The van der Waals surface area contributed by atoms with Gasteiger partial charge in [-0.3, -0.25) is 14.4 Å². The van der Waals surface area contributed by atoms with Crippen LogP contribution in [0.2, 0.25) is 0 Å². The zero-order valence-electron chi connectivity index (χ0n) is 16.0. The Bertz CT molecular complexity index is 921. The van der Waals surface area contributed by atoms with E-state index in [1.807, 2.05) is 28.9 Å². The topological polar surface area (TPSA) is 58.4 Å². The first-order valence-corrected chi connectivity index (χ1v) is 10.6. The SMILES string of the molecule is CC1CC(C(=O)O)CN(Cc2cn(Cc3ccccc3)nc2-c2cccs2)C1. The third-order valence-electron chi connectivity index (χ3n) is 5.26. The van der Waals surface area contributed by atoms with Gasteiger partial charge in [0, 0.05) is 31.4 Å². The lowest BCUT2D eigenvalue weighted by Gasteiger charge is -2.34. The van der Waals surface area contributed by atoms with E-state index in [-0.39, 0.29) is 5.92 Å². The monoisotopic (exact) mass is 395 g/mol. The molecule has 3 aromatic rings. The van der Waals surface area contributed by atoms with Gasteiger partial charge >= 0.3 is 5.97 Å². The molecule has 4 rings (SSSR count).